The lowest BCUT2D eigenvalue weighted by Gasteiger charge is -1.95. The number of pyridine rings is 2. The molecular formula is C9H8ClNO. The SMILES string of the molecule is Cl.O=c1cccc2ccccn12. The van der Waals surface area contributed by atoms with Crippen molar-refractivity contribution in [3.05, 3.63) is 52.9 Å². The summed E-state index contributed by atoms with van der Waals surface area (Å²) < 4.78 is 1.61. The fourth-order valence-corrected chi connectivity index (χ4v) is 1.10. The van der Waals surface area contributed by atoms with Gasteiger partial charge in [0.25, 0.3) is 5.56 Å². The Morgan fingerprint density at radius 2 is 1.75 bits per heavy atom. The second kappa shape index (κ2) is 3.41. The topological polar surface area (TPSA) is 21.5 Å². The van der Waals surface area contributed by atoms with E-state index in [1.54, 1.807) is 22.7 Å². The molecule has 0 spiro atoms. The van der Waals surface area contributed by atoms with Crippen LogP contribution in [0.1, 0.15) is 0 Å². The van der Waals surface area contributed by atoms with Gasteiger partial charge in [0.15, 0.2) is 0 Å². The quantitative estimate of drug-likeness (QED) is 0.607. The number of aromatic nitrogens is 1. The first-order valence-electron chi connectivity index (χ1n) is 3.44. The molecule has 0 aliphatic carbocycles. The predicted octanol–water partition coefficient (Wildman–Crippen LogP) is 1.72. The van der Waals surface area contributed by atoms with Crippen LogP contribution in [-0.4, -0.2) is 4.40 Å². The average Bonchev–Trinajstić information content (AvgIpc) is 2.06. The molecule has 0 aromatic carbocycles. The van der Waals surface area contributed by atoms with Crippen LogP contribution in [-0.2, 0) is 0 Å². The smallest absolute Gasteiger partial charge is 0.255 e. The van der Waals surface area contributed by atoms with Crippen molar-refractivity contribution < 1.29 is 0 Å². The zero-order valence-corrected chi connectivity index (χ0v) is 7.12. The minimum atomic E-state index is 0. The van der Waals surface area contributed by atoms with Crippen LogP contribution in [0.4, 0.5) is 0 Å². The van der Waals surface area contributed by atoms with Gasteiger partial charge >= 0.3 is 0 Å². The predicted molar refractivity (Wildman–Crippen MR) is 50.9 cm³/mol. The summed E-state index contributed by atoms with van der Waals surface area (Å²) in [7, 11) is 0. The summed E-state index contributed by atoms with van der Waals surface area (Å²) in [6, 6.07) is 10.9. The van der Waals surface area contributed by atoms with E-state index >= 15 is 0 Å². The van der Waals surface area contributed by atoms with Crippen molar-refractivity contribution in [3.8, 4) is 0 Å². The lowest BCUT2D eigenvalue weighted by molar-refractivity contribution is 1.10. The van der Waals surface area contributed by atoms with E-state index in [2.05, 4.69) is 0 Å². The van der Waals surface area contributed by atoms with E-state index in [1.807, 2.05) is 24.3 Å². The lowest BCUT2D eigenvalue weighted by Crippen LogP contribution is -2.09. The third-order valence-electron chi connectivity index (χ3n) is 1.63. The molecule has 12 heavy (non-hydrogen) atoms. The molecule has 0 bridgehead atoms. The second-order valence-electron chi connectivity index (χ2n) is 2.36. The second-order valence-corrected chi connectivity index (χ2v) is 2.36. The van der Waals surface area contributed by atoms with E-state index in [-0.39, 0.29) is 18.0 Å². The maximum atomic E-state index is 11.1. The molecule has 0 aliphatic rings. The monoisotopic (exact) mass is 181 g/mol. The summed E-state index contributed by atoms with van der Waals surface area (Å²) in [5.74, 6) is 0. The highest BCUT2D eigenvalue weighted by Crippen LogP contribution is 1.96. The number of hydrogen-bond donors (Lipinski definition) is 0. The molecule has 3 heteroatoms. The minimum Gasteiger partial charge on any atom is -0.284 e. The van der Waals surface area contributed by atoms with Gasteiger partial charge < -0.3 is 0 Å². The first kappa shape index (κ1) is 8.81. The van der Waals surface area contributed by atoms with E-state index in [0.717, 1.165) is 5.52 Å². The highest BCUT2D eigenvalue weighted by Gasteiger charge is 1.89. The molecule has 62 valence electrons. The van der Waals surface area contributed by atoms with Crippen molar-refractivity contribution in [3.63, 3.8) is 0 Å². The average molecular weight is 182 g/mol. The Labute approximate surface area is 75.9 Å². The molecule has 0 fully saturated rings. The molecule has 0 atom stereocenters. The summed E-state index contributed by atoms with van der Waals surface area (Å²) in [4.78, 5) is 11.1. The number of hydrogen-bond acceptors (Lipinski definition) is 1. The summed E-state index contributed by atoms with van der Waals surface area (Å²) in [5, 5.41) is 0. The van der Waals surface area contributed by atoms with Crippen LogP contribution in [0.3, 0.4) is 0 Å². The zero-order valence-electron chi connectivity index (χ0n) is 6.31. The van der Waals surface area contributed by atoms with Gasteiger partial charge in [0, 0.05) is 17.8 Å². The van der Waals surface area contributed by atoms with Gasteiger partial charge in [-0.15, -0.1) is 12.4 Å². The molecule has 0 saturated carbocycles. The molecule has 0 unspecified atom stereocenters. The maximum Gasteiger partial charge on any atom is 0.255 e. The van der Waals surface area contributed by atoms with Gasteiger partial charge in [-0.05, 0) is 18.2 Å². The lowest BCUT2D eigenvalue weighted by atomic mass is 10.3. The van der Waals surface area contributed by atoms with Crippen molar-refractivity contribution in [2.45, 2.75) is 0 Å². The van der Waals surface area contributed by atoms with Gasteiger partial charge in [-0.1, -0.05) is 12.1 Å². The molecule has 2 aromatic heterocycles. The van der Waals surface area contributed by atoms with Crippen molar-refractivity contribution >= 4 is 17.9 Å². The molecule has 0 amide bonds. The molecule has 0 radical (unpaired) electrons. The van der Waals surface area contributed by atoms with Crippen molar-refractivity contribution in [2.75, 3.05) is 0 Å². The van der Waals surface area contributed by atoms with Crippen LogP contribution >= 0.6 is 12.4 Å². The largest absolute Gasteiger partial charge is 0.284 e. The van der Waals surface area contributed by atoms with Crippen LogP contribution in [0.2, 0.25) is 0 Å². The number of rotatable bonds is 0. The summed E-state index contributed by atoms with van der Waals surface area (Å²) in [6.07, 6.45) is 1.76. The van der Waals surface area contributed by atoms with Crippen molar-refractivity contribution in [1.29, 1.82) is 0 Å². The fraction of sp³-hybridized carbons (Fsp3) is 0. The van der Waals surface area contributed by atoms with Gasteiger partial charge in [-0.25, -0.2) is 0 Å². The van der Waals surface area contributed by atoms with E-state index in [0.29, 0.717) is 0 Å². The van der Waals surface area contributed by atoms with E-state index in [9.17, 15) is 4.79 Å². The molecular weight excluding hydrogens is 174 g/mol. The third-order valence-corrected chi connectivity index (χ3v) is 1.63. The first-order chi connectivity index (χ1) is 5.38. The molecule has 2 nitrogen and oxygen atoms in total. The van der Waals surface area contributed by atoms with Gasteiger partial charge in [0.05, 0.1) is 0 Å². The Kier molecular flexibility index (Phi) is 2.51. The zero-order chi connectivity index (χ0) is 7.68. The Morgan fingerprint density at radius 3 is 2.50 bits per heavy atom. The van der Waals surface area contributed by atoms with Crippen LogP contribution in [0.25, 0.3) is 5.52 Å². The highest BCUT2D eigenvalue weighted by molar-refractivity contribution is 5.85. The summed E-state index contributed by atoms with van der Waals surface area (Å²) >= 11 is 0. The molecule has 2 rings (SSSR count). The third kappa shape index (κ3) is 1.34. The van der Waals surface area contributed by atoms with Crippen LogP contribution in [0.15, 0.2) is 47.4 Å². The Balaban J connectivity index is 0.000000720. The van der Waals surface area contributed by atoms with Crippen molar-refractivity contribution in [2.24, 2.45) is 0 Å². The van der Waals surface area contributed by atoms with E-state index < -0.39 is 0 Å². The standard InChI is InChI=1S/C9H7NO.ClH/c11-9-6-3-5-8-4-1-2-7-10(8)9;/h1-7H;1H. The van der Waals surface area contributed by atoms with Gasteiger partial charge in [0.1, 0.15) is 0 Å². The number of fused-ring (bicyclic) bond motifs is 1. The van der Waals surface area contributed by atoms with Crippen molar-refractivity contribution in [1.82, 2.24) is 4.40 Å². The van der Waals surface area contributed by atoms with E-state index in [4.69, 9.17) is 0 Å². The molecule has 0 N–H and O–H groups in total. The summed E-state index contributed by atoms with van der Waals surface area (Å²) in [5.41, 5.74) is 0.947. The van der Waals surface area contributed by atoms with E-state index in [1.165, 1.54) is 0 Å². The minimum absolute atomic E-state index is 0. The molecule has 0 aliphatic heterocycles. The molecule has 2 heterocycles. The molecule has 0 saturated heterocycles. The Hall–Kier alpha value is -1.28. The Morgan fingerprint density at radius 1 is 1.00 bits per heavy atom. The summed E-state index contributed by atoms with van der Waals surface area (Å²) in [6.45, 7) is 0. The van der Waals surface area contributed by atoms with Gasteiger partial charge in [0.2, 0.25) is 0 Å². The number of halogens is 1. The molecule has 2 aromatic rings. The Bertz CT molecular complexity index is 430. The van der Waals surface area contributed by atoms with Crippen LogP contribution in [0, 0.1) is 0 Å². The van der Waals surface area contributed by atoms with Gasteiger partial charge in [-0.2, -0.15) is 0 Å². The number of nitrogens with zero attached hydrogens (tertiary/aromatic N) is 1. The fourth-order valence-electron chi connectivity index (χ4n) is 1.10. The van der Waals surface area contributed by atoms with Gasteiger partial charge in [-0.3, -0.25) is 9.20 Å². The van der Waals surface area contributed by atoms with Crippen LogP contribution in [0.5, 0.6) is 0 Å². The van der Waals surface area contributed by atoms with Crippen LogP contribution < -0.4 is 5.56 Å². The first-order valence-corrected chi connectivity index (χ1v) is 3.44. The normalized spacial score (nSPS) is 9.33. The maximum absolute atomic E-state index is 11.1. The highest BCUT2D eigenvalue weighted by atomic mass is 35.5.